The smallest absolute Gasteiger partial charge is 0.160 e. The first-order valence-corrected chi connectivity index (χ1v) is 20.9. The van der Waals surface area contributed by atoms with E-state index in [0.717, 1.165) is 89.0 Å². The average molecular weight is 784 g/mol. The van der Waals surface area contributed by atoms with Crippen LogP contribution in [0.5, 0.6) is 0 Å². The van der Waals surface area contributed by atoms with Crippen molar-refractivity contribution in [2.75, 3.05) is 0 Å². The lowest BCUT2D eigenvalue weighted by Gasteiger charge is -2.14. The van der Waals surface area contributed by atoms with E-state index in [1.165, 1.54) is 25.6 Å². The first kappa shape index (κ1) is 34.3. The van der Waals surface area contributed by atoms with Gasteiger partial charge in [-0.25, -0.2) is 15.0 Å². The van der Waals surface area contributed by atoms with Crippen molar-refractivity contribution in [2.45, 2.75) is 0 Å². The highest BCUT2D eigenvalue weighted by molar-refractivity contribution is 7.26. The summed E-state index contributed by atoms with van der Waals surface area (Å²) in [4.78, 5) is 15.4. The quantitative estimate of drug-likeness (QED) is 0.169. The molecule has 4 heterocycles. The van der Waals surface area contributed by atoms with Crippen LogP contribution in [0.4, 0.5) is 0 Å². The van der Waals surface area contributed by atoms with Gasteiger partial charge in [0, 0.05) is 59.4 Å². The molecule has 12 aromatic rings. The summed E-state index contributed by atoms with van der Waals surface area (Å²) >= 11 is 1.82. The Hall–Kier alpha value is -7.73. The van der Waals surface area contributed by atoms with Crippen molar-refractivity contribution in [1.82, 2.24) is 15.0 Å². The third kappa shape index (κ3) is 5.70. The molecule has 0 radical (unpaired) electrons. The van der Waals surface area contributed by atoms with Crippen LogP contribution in [0, 0.1) is 0 Å². The monoisotopic (exact) mass is 783 g/mol. The molecule has 60 heavy (non-hydrogen) atoms. The summed E-state index contributed by atoms with van der Waals surface area (Å²) in [6, 6.07) is 70.1. The molecular weight excluding hydrogens is 751 g/mol. The van der Waals surface area contributed by atoms with Crippen molar-refractivity contribution < 1.29 is 4.42 Å². The number of aromatic nitrogens is 3. The zero-order chi connectivity index (χ0) is 39.6. The van der Waals surface area contributed by atoms with E-state index < -0.39 is 0 Å². The largest absolute Gasteiger partial charge is 0.456 e. The Morgan fingerprint density at radius 1 is 0.383 bits per heavy atom. The molecule has 0 saturated carbocycles. The number of thiophene rings is 1. The van der Waals surface area contributed by atoms with Crippen LogP contribution < -0.4 is 0 Å². The predicted octanol–water partition coefficient (Wildman–Crippen LogP) is 15.3. The Morgan fingerprint density at radius 3 is 1.73 bits per heavy atom. The van der Waals surface area contributed by atoms with Gasteiger partial charge >= 0.3 is 0 Å². The molecule has 0 aliphatic carbocycles. The van der Waals surface area contributed by atoms with E-state index in [-0.39, 0.29) is 0 Å². The SMILES string of the molecule is c1ccc(-c2cc(-c3ccc(-c4ccc5oc6ccccc6c5c4-c4ccc(-c5nc6ccccc6c6c5sc5ccccc56)cc4)cc3)nc(-c3ccccc3)n2)cc1. The summed E-state index contributed by atoms with van der Waals surface area (Å²) in [6.07, 6.45) is 0. The molecule has 8 aromatic carbocycles. The third-order valence-electron chi connectivity index (χ3n) is 11.5. The highest BCUT2D eigenvalue weighted by Crippen LogP contribution is 2.46. The van der Waals surface area contributed by atoms with Crippen molar-refractivity contribution in [3.05, 3.63) is 200 Å². The topological polar surface area (TPSA) is 51.8 Å². The maximum Gasteiger partial charge on any atom is 0.160 e. The van der Waals surface area contributed by atoms with Crippen molar-refractivity contribution in [3.63, 3.8) is 0 Å². The van der Waals surface area contributed by atoms with Gasteiger partial charge in [-0.2, -0.15) is 0 Å². The van der Waals surface area contributed by atoms with Crippen LogP contribution in [0.2, 0.25) is 0 Å². The Bertz CT molecular complexity index is 3520. The van der Waals surface area contributed by atoms with Gasteiger partial charge in [0.1, 0.15) is 11.2 Å². The number of hydrogen-bond acceptors (Lipinski definition) is 5. The molecule has 0 atom stereocenters. The van der Waals surface area contributed by atoms with Crippen LogP contribution in [0.15, 0.2) is 205 Å². The summed E-state index contributed by atoms with van der Waals surface area (Å²) in [7, 11) is 0. The van der Waals surface area contributed by atoms with Crippen LogP contribution in [0.25, 0.3) is 120 Å². The highest BCUT2D eigenvalue weighted by Gasteiger charge is 2.20. The molecule has 5 heteroatoms. The number of para-hydroxylation sites is 2. The molecule has 0 bridgehead atoms. The Morgan fingerprint density at radius 2 is 0.967 bits per heavy atom. The number of furan rings is 1. The Balaban J connectivity index is 0.998. The molecular formula is C55H33N3OS. The zero-order valence-corrected chi connectivity index (χ0v) is 33.0. The third-order valence-corrected chi connectivity index (χ3v) is 12.7. The van der Waals surface area contributed by atoms with Crippen molar-refractivity contribution in [1.29, 1.82) is 0 Å². The molecule has 0 aliphatic heterocycles. The molecule has 12 rings (SSSR count). The Labute approximate surface area is 349 Å². The lowest BCUT2D eigenvalue weighted by Crippen LogP contribution is -1.96. The summed E-state index contributed by atoms with van der Waals surface area (Å²) in [5.41, 5.74) is 14.1. The first-order chi connectivity index (χ1) is 29.7. The molecule has 0 saturated heterocycles. The molecule has 0 fully saturated rings. The van der Waals surface area contributed by atoms with E-state index in [1.54, 1.807) is 0 Å². The molecule has 0 unspecified atom stereocenters. The summed E-state index contributed by atoms with van der Waals surface area (Å²) in [5, 5.41) is 5.93. The second-order valence-corrected chi connectivity index (χ2v) is 16.1. The van der Waals surface area contributed by atoms with E-state index in [0.29, 0.717) is 5.82 Å². The number of rotatable bonds is 6. The number of benzene rings is 8. The minimum absolute atomic E-state index is 0.700. The van der Waals surface area contributed by atoms with E-state index >= 15 is 0 Å². The predicted molar refractivity (Wildman–Crippen MR) is 250 cm³/mol. The second kappa shape index (κ2) is 14.0. The summed E-state index contributed by atoms with van der Waals surface area (Å²) in [5.74, 6) is 0.700. The van der Waals surface area contributed by atoms with E-state index in [1.807, 2.05) is 59.9 Å². The summed E-state index contributed by atoms with van der Waals surface area (Å²) in [6.45, 7) is 0. The minimum atomic E-state index is 0.700. The molecule has 0 N–H and O–H groups in total. The average Bonchev–Trinajstić information content (AvgIpc) is 3.91. The van der Waals surface area contributed by atoms with E-state index in [9.17, 15) is 0 Å². The molecule has 4 nitrogen and oxygen atoms in total. The lowest BCUT2D eigenvalue weighted by molar-refractivity contribution is 0.669. The van der Waals surface area contributed by atoms with Gasteiger partial charge in [-0.05, 0) is 47.0 Å². The fourth-order valence-corrected chi connectivity index (χ4v) is 9.90. The molecule has 4 aromatic heterocycles. The fourth-order valence-electron chi connectivity index (χ4n) is 8.67. The number of hydrogen-bond donors (Lipinski definition) is 0. The van der Waals surface area contributed by atoms with Crippen molar-refractivity contribution in [3.8, 4) is 67.4 Å². The van der Waals surface area contributed by atoms with Gasteiger partial charge in [0.25, 0.3) is 0 Å². The molecule has 280 valence electrons. The minimum Gasteiger partial charge on any atom is -0.456 e. The van der Waals surface area contributed by atoms with Gasteiger partial charge in [0.15, 0.2) is 5.82 Å². The van der Waals surface area contributed by atoms with Gasteiger partial charge in [0.05, 0.1) is 27.3 Å². The lowest BCUT2D eigenvalue weighted by atomic mass is 9.89. The van der Waals surface area contributed by atoms with Gasteiger partial charge in [-0.1, -0.05) is 170 Å². The second-order valence-electron chi connectivity index (χ2n) is 15.1. The van der Waals surface area contributed by atoms with Gasteiger partial charge in [0.2, 0.25) is 0 Å². The Kier molecular flexibility index (Phi) is 8.00. The van der Waals surface area contributed by atoms with Crippen LogP contribution in [-0.2, 0) is 0 Å². The van der Waals surface area contributed by atoms with Crippen LogP contribution in [0.3, 0.4) is 0 Å². The first-order valence-electron chi connectivity index (χ1n) is 20.1. The molecule has 0 spiro atoms. The maximum absolute atomic E-state index is 6.47. The molecule has 0 aliphatic rings. The van der Waals surface area contributed by atoms with E-state index in [4.69, 9.17) is 19.4 Å². The van der Waals surface area contributed by atoms with Crippen molar-refractivity contribution >= 4 is 64.4 Å². The number of pyridine rings is 1. The van der Waals surface area contributed by atoms with Crippen molar-refractivity contribution in [2.24, 2.45) is 0 Å². The number of fused-ring (bicyclic) bond motifs is 8. The number of nitrogens with zero attached hydrogens (tertiary/aromatic N) is 3. The van der Waals surface area contributed by atoms with Crippen LogP contribution in [0.1, 0.15) is 0 Å². The highest BCUT2D eigenvalue weighted by atomic mass is 32.1. The van der Waals surface area contributed by atoms with E-state index in [2.05, 4.69) is 152 Å². The normalized spacial score (nSPS) is 11.7. The van der Waals surface area contributed by atoms with Crippen LogP contribution in [-0.4, -0.2) is 15.0 Å². The van der Waals surface area contributed by atoms with Gasteiger partial charge < -0.3 is 4.42 Å². The standard InChI is InChI=1S/C55H33N3OS/c1-3-13-35(14-4-1)45-33-46(58-55(57-45)39-15-5-2-6-16-39)36-25-23-34(24-26-36)40-31-32-48-52(42-18-8-11-21-47(42)59-48)50(40)37-27-29-38(30-28-37)53-54-51(41-17-7-10-20-44(41)56-53)43-19-9-12-22-49(43)60-54/h1-33H. The summed E-state index contributed by atoms with van der Waals surface area (Å²) < 4.78 is 8.95. The maximum atomic E-state index is 6.47. The zero-order valence-electron chi connectivity index (χ0n) is 32.2. The van der Waals surface area contributed by atoms with Crippen LogP contribution >= 0.6 is 11.3 Å². The van der Waals surface area contributed by atoms with Gasteiger partial charge in [-0.3, -0.25) is 0 Å². The van der Waals surface area contributed by atoms with Gasteiger partial charge in [-0.15, -0.1) is 11.3 Å². The molecule has 0 amide bonds. The fraction of sp³-hybridized carbons (Fsp3) is 0.